The molecule has 144 valence electrons. The van der Waals surface area contributed by atoms with Gasteiger partial charge in [-0.25, -0.2) is 8.93 Å². The van der Waals surface area contributed by atoms with E-state index in [0.29, 0.717) is 12.5 Å². The van der Waals surface area contributed by atoms with Gasteiger partial charge in [0.05, 0.1) is 29.7 Å². The zero-order chi connectivity index (χ0) is 18.7. The van der Waals surface area contributed by atoms with Crippen LogP contribution >= 0.6 is 0 Å². The predicted octanol–water partition coefficient (Wildman–Crippen LogP) is 2.66. The van der Waals surface area contributed by atoms with E-state index in [2.05, 4.69) is 11.3 Å². The second-order valence-electron chi connectivity index (χ2n) is 7.57. The van der Waals surface area contributed by atoms with Gasteiger partial charge >= 0.3 is 0 Å². The largest absolute Gasteiger partial charge is 0.376 e. The van der Waals surface area contributed by atoms with E-state index in [1.807, 2.05) is 29.7 Å². The Hall–Kier alpha value is -1.24. The molecular weight excluding hydrogens is 348 g/mol. The molecular formula is C20H30N2O3S. The average molecular weight is 379 g/mol. The summed E-state index contributed by atoms with van der Waals surface area (Å²) in [4.78, 5) is 12.8. The van der Waals surface area contributed by atoms with Crippen molar-refractivity contribution in [2.24, 2.45) is 5.92 Å². The fourth-order valence-corrected chi connectivity index (χ4v) is 4.90. The number of nitrogens with one attached hydrogen (secondary N) is 1. The molecule has 0 bridgehead atoms. The third-order valence-corrected chi connectivity index (χ3v) is 6.41. The van der Waals surface area contributed by atoms with Crippen LogP contribution in [-0.4, -0.2) is 33.8 Å². The first-order valence-corrected chi connectivity index (χ1v) is 11.1. The number of ether oxygens (including phenoxy) is 1. The van der Waals surface area contributed by atoms with Crippen LogP contribution in [0, 0.1) is 12.8 Å². The fourth-order valence-electron chi connectivity index (χ4n) is 4.20. The molecule has 1 aromatic rings. The van der Waals surface area contributed by atoms with Gasteiger partial charge in [0.1, 0.15) is 0 Å². The van der Waals surface area contributed by atoms with Gasteiger partial charge < -0.3 is 9.30 Å². The first kappa shape index (κ1) is 19.5. The summed E-state index contributed by atoms with van der Waals surface area (Å²) in [5.74, 6) is 0.604. The van der Waals surface area contributed by atoms with Crippen LogP contribution in [0.1, 0.15) is 49.4 Å². The minimum atomic E-state index is -1.12. The minimum absolute atomic E-state index is 0.0163. The van der Waals surface area contributed by atoms with Gasteiger partial charge in [0.25, 0.3) is 5.56 Å². The number of hydrogen-bond donors (Lipinski definition) is 1. The predicted molar refractivity (Wildman–Crippen MR) is 106 cm³/mol. The maximum absolute atomic E-state index is 12.8. The summed E-state index contributed by atoms with van der Waals surface area (Å²) in [6.07, 6.45) is 9.92. The number of aromatic nitrogens is 1. The van der Waals surface area contributed by atoms with Crippen LogP contribution in [0.15, 0.2) is 29.6 Å². The summed E-state index contributed by atoms with van der Waals surface area (Å²) < 4.78 is 23.0. The van der Waals surface area contributed by atoms with Crippen LogP contribution < -0.4 is 10.3 Å². The number of nitrogens with zero attached hydrogens (tertiary/aromatic N) is 1. The topological polar surface area (TPSA) is 60.3 Å². The Morgan fingerprint density at radius 2 is 2.04 bits per heavy atom. The lowest BCUT2D eigenvalue weighted by atomic mass is 9.87. The zero-order valence-electron chi connectivity index (χ0n) is 15.8. The maximum atomic E-state index is 12.8. The van der Waals surface area contributed by atoms with Gasteiger partial charge in [-0.05, 0) is 57.4 Å². The number of rotatable bonds is 6. The van der Waals surface area contributed by atoms with Gasteiger partial charge in [-0.2, -0.15) is 0 Å². The number of aryl methyl sites for hydroxylation is 2. The second-order valence-corrected chi connectivity index (χ2v) is 8.72. The number of allylic oxidation sites excluding steroid dienone is 1. The second kappa shape index (κ2) is 8.63. The molecule has 2 aliphatic rings. The molecule has 1 saturated carbocycles. The lowest BCUT2D eigenvalue weighted by Crippen LogP contribution is -2.48. The first-order chi connectivity index (χ1) is 12.5. The van der Waals surface area contributed by atoms with Crippen molar-refractivity contribution < 1.29 is 8.95 Å². The summed E-state index contributed by atoms with van der Waals surface area (Å²) in [6.45, 7) is 6.22. The van der Waals surface area contributed by atoms with Crippen molar-refractivity contribution >= 4 is 11.0 Å². The molecule has 0 saturated heterocycles. The minimum Gasteiger partial charge on any atom is -0.376 e. The molecule has 3 atom stereocenters. The molecule has 1 fully saturated rings. The third kappa shape index (κ3) is 4.35. The number of pyridine rings is 1. The van der Waals surface area contributed by atoms with Gasteiger partial charge in [0.15, 0.2) is 0 Å². The van der Waals surface area contributed by atoms with E-state index in [0.717, 1.165) is 49.8 Å². The molecule has 0 radical (unpaired) electrons. The van der Waals surface area contributed by atoms with E-state index in [9.17, 15) is 9.00 Å². The Balaban J connectivity index is 1.77. The molecule has 0 spiro atoms. The number of hydrogen-bond acceptors (Lipinski definition) is 3. The SMILES string of the molecule is C=CC1CCC(OCC2C(NS(C)=O)CCc3ccc(C)c(=O)n32)CC1. The lowest BCUT2D eigenvalue weighted by molar-refractivity contribution is -0.00344. The molecule has 6 heteroatoms. The summed E-state index contributed by atoms with van der Waals surface area (Å²) in [6, 6.07) is 3.80. The molecule has 3 unspecified atom stereocenters. The number of fused-ring (bicyclic) bond motifs is 1. The normalized spacial score (nSPS) is 29.8. The molecule has 5 nitrogen and oxygen atoms in total. The Morgan fingerprint density at radius 3 is 2.69 bits per heavy atom. The van der Waals surface area contributed by atoms with Crippen molar-refractivity contribution in [2.75, 3.05) is 12.9 Å². The molecule has 0 aromatic carbocycles. The molecule has 2 heterocycles. The monoisotopic (exact) mass is 378 g/mol. The molecule has 1 aliphatic carbocycles. The average Bonchev–Trinajstić information content (AvgIpc) is 2.64. The highest BCUT2D eigenvalue weighted by Gasteiger charge is 2.32. The van der Waals surface area contributed by atoms with E-state index < -0.39 is 11.0 Å². The summed E-state index contributed by atoms with van der Waals surface area (Å²) in [7, 11) is -1.12. The van der Waals surface area contributed by atoms with Crippen LogP contribution in [0.4, 0.5) is 0 Å². The Morgan fingerprint density at radius 1 is 1.31 bits per heavy atom. The van der Waals surface area contributed by atoms with Crippen molar-refractivity contribution in [2.45, 2.75) is 63.6 Å². The summed E-state index contributed by atoms with van der Waals surface area (Å²) in [5.41, 5.74) is 1.83. The molecule has 3 rings (SSSR count). The maximum Gasteiger partial charge on any atom is 0.254 e. The van der Waals surface area contributed by atoms with Crippen molar-refractivity contribution in [1.29, 1.82) is 0 Å². The van der Waals surface area contributed by atoms with Crippen molar-refractivity contribution in [3.8, 4) is 0 Å². The third-order valence-electron chi connectivity index (χ3n) is 5.77. The highest BCUT2D eigenvalue weighted by molar-refractivity contribution is 7.82. The van der Waals surface area contributed by atoms with Gasteiger partial charge in [0, 0.05) is 23.6 Å². The highest BCUT2D eigenvalue weighted by Crippen LogP contribution is 2.29. The first-order valence-electron chi connectivity index (χ1n) is 9.54. The Labute approximate surface area is 158 Å². The highest BCUT2D eigenvalue weighted by atomic mass is 32.2. The van der Waals surface area contributed by atoms with Crippen LogP contribution in [-0.2, 0) is 22.1 Å². The molecule has 1 aromatic heterocycles. The van der Waals surface area contributed by atoms with Gasteiger partial charge in [-0.15, -0.1) is 6.58 Å². The van der Waals surface area contributed by atoms with E-state index in [4.69, 9.17) is 4.74 Å². The van der Waals surface area contributed by atoms with Crippen LogP contribution in [0.2, 0.25) is 0 Å². The zero-order valence-corrected chi connectivity index (χ0v) is 16.6. The Bertz CT molecular complexity index is 722. The van der Waals surface area contributed by atoms with E-state index >= 15 is 0 Å². The molecule has 1 aliphatic heterocycles. The van der Waals surface area contributed by atoms with Crippen LogP contribution in [0.25, 0.3) is 0 Å². The lowest BCUT2D eigenvalue weighted by Gasteiger charge is -2.36. The van der Waals surface area contributed by atoms with Crippen molar-refractivity contribution in [3.05, 3.63) is 46.4 Å². The van der Waals surface area contributed by atoms with Crippen molar-refractivity contribution in [3.63, 3.8) is 0 Å². The van der Waals surface area contributed by atoms with Crippen LogP contribution in [0.3, 0.4) is 0 Å². The standard InChI is InChI=1S/C20H30N2O3S/c1-4-15-6-10-17(11-7-15)25-13-19-18(21-26(3)24)12-9-16-8-5-14(2)20(23)22(16)19/h4-5,8,15,17-19,21H,1,6-7,9-13H2,2-3H3. The smallest absolute Gasteiger partial charge is 0.254 e. The van der Waals surface area contributed by atoms with E-state index in [1.165, 1.54) is 0 Å². The summed E-state index contributed by atoms with van der Waals surface area (Å²) in [5, 5.41) is 0. The van der Waals surface area contributed by atoms with E-state index in [1.54, 1.807) is 6.26 Å². The van der Waals surface area contributed by atoms with Crippen LogP contribution in [0.5, 0.6) is 0 Å². The van der Waals surface area contributed by atoms with Gasteiger partial charge in [-0.1, -0.05) is 12.1 Å². The molecule has 26 heavy (non-hydrogen) atoms. The summed E-state index contributed by atoms with van der Waals surface area (Å²) >= 11 is 0. The Kier molecular flexibility index (Phi) is 6.48. The van der Waals surface area contributed by atoms with E-state index in [-0.39, 0.29) is 23.7 Å². The van der Waals surface area contributed by atoms with Gasteiger partial charge in [0.2, 0.25) is 0 Å². The molecule has 1 N–H and O–H groups in total. The van der Waals surface area contributed by atoms with Gasteiger partial charge in [-0.3, -0.25) is 4.79 Å². The molecule has 0 amide bonds. The quantitative estimate of drug-likeness (QED) is 0.774. The van der Waals surface area contributed by atoms with Crippen molar-refractivity contribution in [1.82, 2.24) is 9.29 Å². The fraction of sp³-hybridized carbons (Fsp3) is 0.650.